The van der Waals surface area contributed by atoms with Crippen molar-refractivity contribution in [1.82, 2.24) is 0 Å². The second-order valence-electron chi connectivity index (χ2n) is 2.12. The minimum absolute atomic E-state index is 0.0440. The smallest absolute Gasteiger partial charge is 0.0438 e. The van der Waals surface area contributed by atoms with Gasteiger partial charge in [0.2, 0.25) is 0 Å². The molecule has 0 heterocycles. The first-order chi connectivity index (χ1) is 3.48. The van der Waals surface area contributed by atoms with Crippen LogP contribution >= 0.6 is 0 Å². The Labute approximate surface area is 51.3 Å². The van der Waals surface area contributed by atoms with Crippen molar-refractivity contribution in [3.8, 4) is 0 Å². The van der Waals surface area contributed by atoms with Crippen molar-refractivity contribution in [2.45, 2.75) is 25.5 Å². The molecule has 0 saturated heterocycles. The van der Waals surface area contributed by atoms with Gasteiger partial charge in [-0.05, 0) is 13.3 Å². The summed E-state index contributed by atoms with van der Waals surface area (Å²) in [5.74, 6) is 0. The highest BCUT2D eigenvalue weighted by atomic mass is 32.2. The Morgan fingerprint density at radius 3 is 2.12 bits per heavy atom. The Morgan fingerprint density at radius 1 is 1.75 bits per heavy atom. The molecule has 0 radical (unpaired) electrons. The summed E-state index contributed by atoms with van der Waals surface area (Å²) in [6.45, 7) is 3.79. The Balaban J connectivity index is 4.04. The zero-order valence-electron chi connectivity index (χ0n) is 5.60. The fourth-order valence-electron chi connectivity index (χ4n) is 0.318. The molecule has 0 saturated carbocycles. The summed E-state index contributed by atoms with van der Waals surface area (Å²) in [6, 6.07) is 0. The van der Waals surface area contributed by atoms with Gasteiger partial charge in [-0.3, -0.25) is 4.78 Å². The van der Waals surface area contributed by atoms with Gasteiger partial charge < -0.3 is 0 Å². The molecule has 0 aromatic rings. The Morgan fingerprint density at radius 2 is 2.12 bits per heavy atom. The van der Waals surface area contributed by atoms with Crippen LogP contribution in [0.25, 0.3) is 0 Å². The van der Waals surface area contributed by atoms with Gasteiger partial charge >= 0.3 is 0 Å². The molecular weight excluding hydrogens is 122 g/mol. The van der Waals surface area contributed by atoms with Gasteiger partial charge in [0.15, 0.2) is 0 Å². The van der Waals surface area contributed by atoms with Crippen molar-refractivity contribution < 1.29 is 4.21 Å². The highest BCUT2D eigenvalue weighted by molar-refractivity contribution is 7.92. The molecule has 8 heavy (non-hydrogen) atoms. The van der Waals surface area contributed by atoms with Crippen molar-refractivity contribution in [2.75, 3.05) is 6.26 Å². The van der Waals surface area contributed by atoms with E-state index in [0.29, 0.717) is 0 Å². The average Bonchev–Trinajstić information content (AvgIpc) is 1.62. The molecule has 50 valence electrons. The third-order valence-electron chi connectivity index (χ3n) is 1.34. The van der Waals surface area contributed by atoms with Crippen LogP contribution < -0.4 is 0 Å². The Hall–Kier alpha value is -0.0500. The molecule has 0 aliphatic rings. The largest absolute Gasteiger partial charge is 0.253 e. The first kappa shape index (κ1) is 7.95. The molecule has 0 rings (SSSR count). The van der Waals surface area contributed by atoms with Crippen molar-refractivity contribution in [3.05, 3.63) is 0 Å². The molecule has 3 heteroatoms. The third-order valence-corrected chi connectivity index (χ3v) is 3.21. The molecule has 0 bridgehead atoms. The van der Waals surface area contributed by atoms with E-state index < -0.39 is 9.73 Å². The van der Waals surface area contributed by atoms with Crippen LogP contribution in [0.4, 0.5) is 0 Å². The van der Waals surface area contributed by atoms with Crippen LogP contribution in [0.5, 0.6) is 0 Å². The van der Waals surface area contributed by atoms with Gasteiger partial charge in [-0.25, -0.2) is 4.21 Å². The van der Waals surface area contributed by atoms with Crippen molar-refractivity contribution >= 4 is 9.73 Å². The topological polar surface area (TPSA) is 40.9 Å². The SMILES string of the molecule is CC[C@@H](C)[S@@](C)(=N)=O. The van der Waals surface area contributed by atoms with E-state index in [1.165, 1.54) is 6.26 Å². The molecule has 0 amide bonds. The van der Waals surface area contributed by atoms with Crippen molar-refractivity contribution in [1.29, 1.82) is 4.78 Å². The quantitative estimate of drug-likeness (QED) is 0.612. The summed E-state index contributed by atoms with van der Waals surface area (Å²) in [5.41, 5.74) is 0. The van der Waals surface area contributed by atoms with Crippen LogP contribution in [0.1, 0.15) is 20.3 Å². The number of rotatable bonds is 2. The molecule has 0 aromatic carbocycles. The predicted molar refractivity (Wildman–Crippen MR) is 36.5 cm³/mol. The predicted octanol–water partition coefficient (Wildman–Crippen LogP) is 1.46. The van der Waals surface area contributed by atoms with Crippen LogP contribution in [0.2, 0.25) is 0 Å². The van der Waals surface area contributed by atoms with E-state index in [9.17, 15) is 4.21 Å². The van der Waals surface area contributed by atoms with Crippen LogP contribution in [0.15, 0.2) is 0 Å². The normalized spacial score (nSPS) is 21.9. The molecule has 0 spiro atoms. The lowest BCUT2D eigenvalue weighted by atomic mass is 10.4. The van der Waals surface area contributed by atoms with Crippen molar-refractivity contribution in [2.24, 2.45) is 0 Å². The van der Waals surface area contributed by atoms with E-state index in [1.807, 2.05) is 13.8 Å². The van der Waals surface area contributed by atoms with Crippen LogP contribution in [-0.2, 0) is 9.73 Å². The lowest BCUT2D eigenvalue weighted by Crippen LogP contribution is -2.12. The van der Waals surface area contributed by atoms with E-state index in [0.717, 1.165) is 6.42 Å². The van der Waals surface area contributed by atoms with Crippen molar-refractivity contribution in [3.63, 3.8) is 0 Å². The maximum atomic E-state index is 10.8. The molecule has 2 nitrogen and oxygen atoms in total. The summed E-state index contributed by atoms with van der Waals surface area (Å²) in [5, 5.41) is 0.0440. The van der Waals surface area contributed by atoms with Gasteiger partial charge in [-0.1, -0.05) is 6.92 Å². The van der Waals surface area contributed by atoms with Gasteiger partial charge in [0.1, 0.15) is 0 Å². The van der Waals surface area contributed by atoms with E-state index in [1.54, 1.807) is 0 Å². The molecule has 0 fully saturated rings. The lowest BCUT2D eigenvalue weighted by molar-refractivity contribution is 0.665. The van der Waals surface area contributed by atoms with Gasteiger partial charge in [0.05, 0.1) is 0 Å². The lowest BCUT2D eigenvalue weighted by Gasteiger charge is -2.06. The number of hydrogen-bond donors (Lipinski definition) is 1. The zero-order chi connectivity index (χ0) is 6.78. The second-order valence-corrected chi connectivity index (χ2v) is 4.74. The van der Waals surface area contributed by atoms with Gasteiger partial charge in [0, 0.05) is 21.2 Å². The minimum atomic E-state index is -2.25. The average molecular weight is 135 g/mol. The first-order valence-corrected chi connectivity index (χ1v) is 4.74. The summed E-state index contributed by atoms with van der Waals surface area (Å²) in [6.07, 6.45) is 2.32. The molecular formula is C5H13NOS. The van der Waals surface area contributed by atoms with E-state index in [2.05, 4.69) is 0 Å². The van der Waals surface area contributed by atoms with Gasteiger partial charge in [-0.2, -0.15) is 0 Å². The summed E-state index contributed by atoms with van der Waals surface area (Å²) < 4.78 is 17.9. The first-order valence-electron chi connectivity index (χ1n) is 2.71. The molecule has 0 aliphatic carbocycles. The summed E-state index contributed by atoms with van der Waals surface area (Å²) in [7, 11) is -2.25. The second kappa shape index (κ2) is 2.49. The fourth-order valence-corrected chi connectivity index (χ4v) is 0.954. The van der Waals surface area contributed by atoms with Crippen LogP contribution in [0.3, 0.4) is 0 Å². The molecule has 1 N–H and O–H groups in total. The minimum Gasteiger partial charge on any atom is -0.253 e. The highest BCUT2D eigenvalue weighted by Gasteiger charge is 2.06. The standard InChI is InChI=1S/C5H13NOS/c1-4-5(2)8(3,6)7/h5-6H,4H2,1-3H3/t5-,8+/m1/s1. The van der Waals surface area contributed by atoms with Crippen LogP contribution in [-0.4, -0.2) is 15.7 Å². The molecule has 2 atom stereocenters. The Kier molecular flexibility index (Phi) is 2.47. The third kappa shape index (κ3) is 2.31. The molecule has 0 aromatic heterocycles. The van der Waals surface area contributed by atoms with Gasteiger partial charge in [0.25, 0.3) is 0 Å². The van der Waals surface area contributed by atoms with E-state index in [4.69, 9.17) is 4.78 Å². The van der Waals surface area contributed by atoms with Crippen LogP contribution in [0, 0.1) is 4.78 Å². The fraction of sp³-hybridized carbons (Fsp3) is 1.00. The highest BCUT2D eigenvalue weighted by Crippen LogP contribution is 2.01. The summed E-state index contributed by atoms with van der Waals surface area (Å²) >= 11 is 0. The maximum Gasteiger partial charge on any atom is 0.0438 e. The van der Waals surface area contributed by atoms with E-state index in [-0.39, 0.29) is 5.25 Å². The van der Waals surface area contributed by atoms with Gasteiger partial charge in [-0.15, -0.1) is 0 Å². The summed E-state index contributed by atoms with van der Waals surface area (Å²) in [4.78, 5) is 0. The number of nitrogens with one attached hydrogen (secondary N) is 1. The molecule has 0 aliphatic heterocycles. The molecule has 0 unspecified atom stereocenters. The number of hydrogen-bond acceptors (Lipinski definition) is 2. The monoisotopic (exact) mass is 135 g/mol. The van der Waals surface area contributed by atoms with E-state index >= 15 is 0 Å². The maximum absolute atomic E-state index is 10.8. The zero-order valence-corrected chi connectivity index (χ0v) is 6.42. The Bertz CT molecular complexity index is 148.